The van der Waals surface area contributed by atoms with Gasteiger partial charge in [-0.15, -0.1) is 11.6 Å². The van der Waals surface area contributed by atoms with E-state index in [0.29, 0.717) is 18.2 Å². The molecule has 1 unspecified atom stereocenters. The first-order valence-electron chi connectivity index (χ1n) is 4.83. The van der Waals surface area contributed by atoms with Crippen molar-refractivity contribution in [1.82, 2.24) is 4.31 Å². The second-order valence-corrected chi connectivity index (χ2v) is 6.47. The molecule has 0 aliphatic carbocycles. The van der Waals surface area contributed by atoms with Gasteiger partial charge in [-0.2, -0.15) is 0 Å². The average Bonchev–Trinajstić information content (AvgIpc) is 2.12. The minimum Gasteiger partial charge on any atom is -0.212 e. The van der Waals surface area contributed by atoms with Crippen molar-refractivity contribution in [1.29, 1.82) is 0 Å². The van der Waals surface area contributed by atoms with Crippen molar-refractivity contribution in [2.45, 2.75) is 33.2 Å². The molecule has 0 bridgehead atoms. The maximum atomic E-state index is 11.7. The Hall–Kier alpha value is 0.200. The fourth-order valence-corrected chi connectivity index (χ4v) is 2.87. The fourth-order valence-electron chi connectivity index (χ4n) is 0.900. The van der Waals surface area contributed by atoms with Crippen LogP contribution in [0.4, 0.5) is 0 Å². The van der Waals surface area contributed by atoms with Crippen molar-refractivity contribution in [2.24, 2.45) is 5.92 Å². The Bertz CT molecular complexity index is 252. The summed E-state index contributed by atoms with van der Waals surface area (Å²) in [6.07, 6.45) is 0.696. The third-order valence-electron chi connectivity index (χ3n) is 2.24. The molecule has 86 valence electrons. The molecule has 0 aliphatic heterocycles. The number of halogens is 1. The second-order valence-electron chi connectivity index (χ2n) is 4.02. The summed E-state index contributed by atoms with van der Waals surface area (Å²) in [7, 11) is -1.53. The van der Waals surface area contributed by atoms with Gasteiger partial charge in [0, 0.05) is 19.0 Å². The lowest BCUT2D eigenvalue weighted by Gasteiger charge is -2.22. The van der Waals surface area contributed by atoms with Gasteiger partial charge in [0.25, 0.3) is 0 Å². The highest BCUT2D eigenvalue weighted by Crippen LogP contribution is 2.10. The predicted octanol–water partition coefficient (Wildman–Crippen LogP) is 1.92. The van der Waals surface area contributed by atoms with Crippen LogP contribution in [-0.2, 0) is 10.0 Å². The topological polar surface area (TPSA) is 37.4 Å². The van der Waals surface area contributed by atoms with Gasteiger partial charge in [-0.1, -0.05) is 13.8 Å². The molecule has 0 fully saturated rings. The van der Waals surface area contributed by atoms with E-state index in [4.69, 9.17) is 11.6 Å². The summed E-state index contributed by atoms with van der Waals surface area (Å²) in [5.74, 6) is 0.948. The van der Waals surface area contributed by atoms with Gasteiger partial charge in [0.05, 0.1) is 5.75 Å². The smallest absolute Gasteiger partial charge is 0.212 e. The molecular weight excluding hydrogens is 222 g/mol. The zero-order valence-corrected chi connectivity index (χ0v) is 10.9. The SMILES string of the molecule is CC(C)CCS(=O)(=O)N(C)C(C)CCl. The molecule has 0 amide bonds. The third-order valence-corrected chi connectivity index (χ3v) is 4.67. The van der Waals surface area contributed by atoms with Crippen LogP contribution in [0.1, 0.15) is 27.2 Å². The van der Waals surface area contributed by atoms with Crippen LogP contribution in [0.25, 0.3) is 0 Å². The van der Waals surface area contributed by atoms with Crippen LogP contribution >= 0.6 is 11.6 Å². The van der Waals surface area contributed by atoms with Gasteiger partial charge < -0.3 is 0 Å². The molecule has 3 nitrogen and oxygen atoms in total. The van der Waals surface area contributed by atoms with E-state index in [0.717, 1.165) is 0 Å². The van der Waals surface area contributed by atoms with Crippen molar-refractivity contribution < 1.29 is 8.42 Å². The molecule has 0 rings (SSSR count). The monoisotopic (exact) mass is 241 g/mol. The Kier molecular flexibility index (Phi) is 6.02. The largest absolute Gasteiger partial charge is 0.214 e. The van der Waals surface area contributed by atoms with E-state index in [9.17, 15) is 8.42 Å². The first-order chi connectivity index (χ1) is 6.31. The highest BCUT2D eigenvalue weighted by Gasteiger charge is 2.22. The van der Waals surface area contributed by atoms with Crippen molar-refractivity contribution in [3.8, 4) is 0 Å². The predicted molar refractivity (Wildman–Crippen MR) is 61.2 cm³/mol. The number of nitrogens with zero attached hydrogens (tertiary/aromatic N) is 1. The van der Waals surface area contributed by atoms with Gasteiger partial charge in [-0.3, -0.25) is 0 Å². The molecule has 0 saturated heterocycles. The van der Waals surface area contributed by atoms with Crippen molar-refractivity contribution in [3.05, 3.63) is 0 Å². The van der Waals surface area contributed by atoms with Crippen molar-refractivity contribution in [3.63, 3.8) is 0 Å². The summed E-state index contributed by atoms with van der Waals surface area (Å²) in [6, 6.07) is -0.131. The molecule has 14 heavy (non-hydrogen) atoms. The lowest BCUT2D eigenvalue weighted by atomic mass is 10.2. The standard InChI is InChI=1S/C9H20ClNO2S/c1-8(2)5-6-14(12,13)11(4)9(3)7-10/h8-9H,5-7H2,1-4H3. The van der Waals surface area contributed by atoms with Crippen LogP contribution in [0, 0.1) is 5.92 Å². The van der Waals surface area contributed by atoms with Crippen LogP contribution in [0.15, 0.2) is 0 Å². The molecule has 1 atom stereocenters. The van der Waals surface area contributed by atoms with E-state index < -0.39 is 10.0 Å². The summed E-state index contributed by atoms with van der Waals surface area (Å²) in [5, 5.41) is 0. The maximum absolute atomic E-state index is 11.7. The molecule has 0 spiro atoms. The molecule has 0 aliphatic rings. The Morgan fingerprint density at radius 1 is 1.29 bits per heavy atom. The molecule has 5 heteroatoms. The maximum Gasteiger partial charge on any atom is 0.214 e. The lowest BCUT2D eigenvalue weighted by molar-refractivity contribution is 0.410. The molecule has 0 radical (unpaired) electrons. The zero-order valence-electron chi connectivity index (χ0n) is 9.33. The van der Waals surface area contributed by atoms with Crippen molar-refractivity contribution in [2.75, 3.05) is 18.7 Å². The lowest BCUT2D eigenvalue weighted by Crippen LogP contribution is -2.37. The Morgan fingerprint density at radius 2 is 1.79 bits per heavy atom. The third kappa shape index (κ3) is 4.62. The van der Waals surface area contributed by atoms with E-state index >= 15 is 0 Å². The minimum absolute atomic E-state index is 0.131. The molecule has 0 N–H and O–H groups in total. The highest BCUT2D eigenvalue weighted by atomic mass is 35.5. The summed E-state index contributed by atoms with van der Waals surface area (Å²) >= 11 is 5.61. The number of alkyl halides is 1. The van der Waals surface area contributed by atoms with Crippen LogP contribution in [0.5, 0.6) is 0 Å². The fraction of sp³-hybridized carbons (Fsp3) is 1.00. The van der Waals surface area contributed by atoms with Gasteiger partial charge in [0.2, 0.25) is 10.0 Å². The quantitative estimate of drug-likeness (QED) is 0.667. The average molecular weight is 242 g/mol. The Labute approximate surface area is 92.5 Å². The molecule has 0 saturated carbocycles. The highest BCUT2D eigenvalue weighted by molar-refractivity contribution is 7.89. The Morgan fingerprint density at radius 3 is 2.14 bits per heavy atom. The first-order valence-corrected chi connectivity index (χ1v) is 6.97. The molecule has 0 aromatic carbocycles. The van der Waals surface area contributed by atoms with E-state index in [1.807, 2.05) is 13.8 Å². The number of rotatable bonds is 6. The first kappa shape index (κ1) is 14.2. The zero-order chi connectivity index (χ0) is 11.4. The summed E-state index contributed by atoms with van der Waals surface area (Å²) in [6.45, 7) is 5.83. The summed E-state index contributed by atoms with van der Waals surface area (Å²) in [4.78, 5) is 0. The summed E-state index contributed by atoms with van der Waals surface area (Å²) < 4.78 is 24.8. The van der Waals surface area contributed by atoms with Crippen LogP contribution in [-0.4, -0.2) is 37.4 Å². The van der Waals surface area contributed by atoms with Gasteiger partial charge in [-0.25, -0.2) is 12.7 Å². The molecule has 0 aromatic heterocycles. The normalized spacial score (nSPS) is 15.1. The van der Waals surface area contributed by atoms with Gasteiger partial charge in [0.15, 0.2) is 0 Å². The molecule has 0 aromatic rings. The van der Waals surface area contributed by atoms with E-state index in [1.54, 1.807) is 14.0 Å². The van der Waals surface area contributed by atoms with E-state index in [1.165, 1.54) is 4.31 Å². The van der Waals surface area contributed by atoms with E-state index in [2.05, 4.69) is 0 Å². The van der Waals surface area contributed by atoms with Gasteiger partial charge in [0.1, 0.15) is 0 Å². The van der Waals surface area contributed by atoms with Gasteiger partial charge >= 0.3 is 0 Å². The molecule has 0 heterocycles. The molecular formula is C9H20ClNO2S. The number of sulfonamides is 1. The number of hydrogen-bond donors (Lipinski definition) is 0. The summed E-state index contributed by atoms with van der Waals surface area (Å²) in [5.41, 5.74) is 0. The van der Waals surface area contributed by atoms with Gasteiger partial charge in [-0.05, 0) is 19.3 Å². The Balaban J connectivity index is 4.32. The number of hydrogen-bond acceptors (Lipinski definition) is 2. The van der Waals surface area contributed by atoms with Crippen molar-refractivity contribution >= 4 is 21.6 Å². The van der Waals surface area contributed by atoms with Crippen LogP contribution in [0.3, 0.4) is 0 Å². The van der Waals surface area contributed by atoms with Crippen LogP contribution in [0.2, 0.25) is 0 Å². The second kappa shape index (κ2) is 5.93. The van der Waals surface area contributed by atoms with E-state index in [-0.39, 0.29) is 11.8 Å². The van der Waals surface area contributed by atoms with Crippen LogP contribution < -0.4 is 0 Å². The minimum atomic E-state index is -3.12.